The van der Waals surface area contributed by atoms with Gasteiger partial charge < -0.3 is 15.0 Å². The zero-order chi connectivity index (χ0) is 12.4. The Hall–Kier alpha value is -1.36. The first-order valence-corrected chi connectivity index (χ1v) is 6.77. The van der Waals surface area contributed by atoms with Crippen molar-refractivity contribution in [2.45, 2.75) is 18.7 Å². The van der Waals surface area contributed by atoms with E-state index in [1.54, 1.807) is 7.11 Å². The number of nitrogen functional groups attached to an aromatic ring is 1. The van der Waals surface area contributed by atoms with Gasteiger partial charge in [0.1, 0.15) is 11.3 Å². The lowest BCUT2D eigenvalue weighted by Crippen LogP contribution is -2.11. The van der Waals surface area contributed by atoms with Gasteiger partial charge in [-0.3, -0.25) is 0 Å². The summed E-state index contributed by atoms with van der Waals surface area (Å²) in [7, 11) is 1.65. The van der Waals surface area contributed by atoms with Crippen LogP contribution in [0.15, 0.2) is 18.2 Å². The summed E-state index contributed by atoms with van der Waals surface area (Å²) >= 11 is 1.81. The van der Waals surface area contributed by atoms with Gasteiger partial charge in [0.05, 0.1) is 12.6 Å². The maximum Gasteiger partial charge on any atom is 0.201 e. The lowest BCUT2D eigenvalue weighted by molar-refractivity contribution is 0.419. The van der Waals surface area contributed by atoms with Crippen molar-refractivity contribution < 1.29 is 4.74 Å². The lowest BCUT2D eigenvalue weighted by atomic mass is 10.3. The number of hydrogen-bond donors (Lipinski definition) is 1. The zero-order valence-corrected chi connectivity index (χ0v) is 11.1. The molecule has 0 amide bonds. The van der Waals surface area contributed by atoms with Crippen LogP contribution in [-0.4, -0.2) is 28.2 Å². The molecule has 1 heterocycles. The van der Waals surface area contributed by atoms with Crippen molar-refractivity contribution in [2.75, 3.05) is 19.1 Å². The first-order valence-electron chi connectivity index (χ1n) is 5.49. The SMILES string of the molecule is COc1cccc2c1nc(N)n2CC(C)SC. The fraction of sp³-hybridized carbons (Fsp3) is 0.417. The van der Waals surface area contributed by atoms with Crippen LogP contribution in [0.25, 0.3) is 11.0 Å². The average Bonchev–Trinajstić information content (AvgIpc) is 2.66. The Morgan fingerprint density at radius 3 is 2.94 bits per heavy atom. The molecule has 0 radical (unpaired) electrons. The van der Waals surface area contributed by atoms with Crippen LogP contribution < -0.4 is 10.5 Å². The lowest BCUT2D eigenvalue weighted by Gasteiger charge is -2.11. The highest BCUT2D eigenvalue weighted by Gasteiger charge is 2.13. The van der Waals surface area contributed by atoms with E-state index in [1.807, 2.05) is 34.5 Å². The van der Waals surface area contributed by atoms with Gasteiger partial charge >= 0.3 is 0 Å². The number of benzene rings is 1. The third kappa shape index (κ3) is 2.20. The number of thioether (sulfide) groups is 1. The molecule has 2 aromatic rings. The molecule has 5 heteroatoms. The van der Waals surface area contributed by atoms with E-state index in [9.17, 15) is 0 Å². The third-order valence-electron chi connectivity index (χ3n) is 2.83. The largest absolute Gasteiger partial charge is 0.494 e. The topological polar surface area (TPSA) is 53.1 Å². The number of imidazole rings is 1. The molecular weight excluding hydrogens is 234 g/mol. The Morgan fingerprint density at radius 1 is 1.53 bits per heavy atom. The van der Waals surface area contributed by atoms with Crippen molar-refractivity contribution in [2.24, 2.45) is 0 Å². The summed E-state index contributed by atoms with van der Waals surface area (Å²) in [5, 5.41) is 0.501. The molecule has 17 heavy (non-hydrogen) atoms. The van der Waals surface area contributed by atoms with E-state index in [1.165, 1.54) is 0 Å². The zero-order valence-electron chi connectivity index (χ0n) is 10.3. The van der Waals surface area contributed by atoms with Crippen LogP contribution in [0.1, 0.15) is 6.92 Å². The van der Waals surface area contributed by atoms with Gasteiger partial charge in [-0.15, -0.1) is 0 Å². The standard InChI is InChI=1S/C12H17N3OS/c1-8(17-3)7-15-9-5-4-6-10(16-2)11(9)14-12(15)13/h4-6,8H,7H2,1-3H3,(H2,13,14). The van der Waals surface area contributed by atoms with E-state index in [0.717, 1.165) is 23.3 Å². The molecule has 1 atom stereocenters. The van der Waals surface area contributed by atoms with Crippen LogP contribution >= 0.6 is 11.8 Å². The molecule has 0 saturated heterocycles. The predicted octanol–water partition coefficient (Wildman–Crippen LogP) is 2.38. The van der Waals surface area contributed by atoms with Crippen LogP contribution in [0.4, 0.5) is 5.95 Å². The van der Waals surface area contributed by atoms with Gasteiger partial charge in [0.25, 0.3) is 0 Å². The number of nitrogens with two attached hydrogens (primary N) is 1. The number of aromatic nitrogens is 2. The van der Waals surface area contributed by atoms with Crippen molar-refractivity contribution in [1.82, 2.24) is 9.55 Å². The van der Waals surface area contributed by atoms with Crippen molar-refractivity contribution in [3.05, 3.63) is 18.2 Å². The smallest absolute Gasteiger partial charge is 0.201 e. The van der Waals surface area contributed by atoms with Crippen molar-refractivity contribution >= 4 is 28.7 Å². The second-order valence-corrected chi connectivity index (χ2v) is 5.23. The highest BCUT2D eigenvalue weighted by molar-refractivity contribution is 7.99. The molecule has 1 aromatic heterocycles. The van der Waals surface area contributed by atoms with E-state index in [-0.39, 0.29) is 0 Å². The normalized spacial score (nSPS) is 12.9. The summed E-state index contributed by atoms with van der Waals surface area (Å²) in [4.78, 5) is 4.38. The van der Waals surface area contributed by atoms with Gasteiger partial charge in [-0.1, -0.05) is 13.0 Å². The molecule has 0 aliphatic heterocycles. The van der Waals surface area contributed by atoms with Crippen molar-refractivity contribution in [3.63, 3.8) is 0 Å². The monoisotopic (exact) mass is 251 g/mol. The molecule has 92 valence electrons. The molecule has 0 aliphatic carbocycles. The predicted molar refractivity (Wildman–Crippen MR) is 73.7 cm³/mol. The van der Waals surface area contributed by atoms with Crippen molar-refractivity contribution in [1.29, 1.82) is 0 Å². The first-order chi connectivity index (χ1) is 8.17. The Balaban J connectivity index is 2.52. The number of anilines is 1. The molecular formula is C12H17N3OS. The molecule has 0 bridgehead atoms. The van der Waals surface area contributed by atoms with Crippen LogP contribution in [0.2, 0.25) is 0 Å². The van der Waals surface area contributed by atoms with E-state index in [0.29, 0.717) is 11.2 Å². The number of rotatable bonds is 4. The highest BCUT2D eigenvalue weighted by Crippen LogP contribution is 2.27. The average molecular weight is 251 g/mol. The minimum atomic E-state index is 0.501. The van der Waals surface area contributed by atoms with E-state index < -0.39 is 0 Å². The van der Waals surface area contributed by atoms with Gasteiger partial charge in [-0.05, 0) is 18.4 Å². The van der Waals surface area contributed by atoms with E-state index >= 15 is 0 Å². The minimum Gasteiger partial charge on any atom is -0.494 e. The number of nitrogens with zero attached hydrogens (tertiary/aromatic N) is 2. The molecule has 0 aliphatic rings. The second-order valence-electron chi connectivity index (χ2n) is 3.95. The van der Waals surface area contributed by atoms with Gasteiger partial charge in [-0.25, -0.2) is 4.98 Å². The molecule has 2 N–H and O–H groups in total. The molecule has 1 unspecified atom stereocenters. The number of fused-ring (bicyclic) bond motifs is 1. The molecule has 0 fully saturated rings. The van der Waals surface area contributed by atoms with Gasteiger partial charge in [0.2, 0.25) is 5.95 Å². The van der Waals surface area contributed by atoms with Crippen LogP contribution in [0.5, 0.6) is 5.75 Å². The summed E-state index contributed by atoms with van der Waals surface area (Å²) < 4.78 is 7.33. The van der Waals surface area contributed by atoms with Gasteiger partial charge in [0.15, 0.2) is 0 Å². The highest BCUT2D eigenvalue weighted by atomic mass is 32.2. The molecule has 0 saturated carbocycles. The number of hydrogen-bond acceptors (Lipinski definition) is 4. The summed E-state index contributed by atoms with van der Waals surface area (Å²) in [5.41, 5.74) is 7.83. The van der Waals surface area contributed by atoms with Crippen LogP contribution in [0, 0.1) is 0 Å². The van der Waals surface area contributed by atoms with Gasteiger partial charge in [0, 0.05) is 11.8 Å². The first kappa shape index (κ1) is 12.1. The number of para-hydroxylation sites is 1. The maximum atomic E-state index is 5.97. The number of ether oxygens (including phenoxy) is 1. The quantitative estimate of drug-likeness (QED) is 0.906. The minimum absolute atomic E-state index is 0.501. The molecule has 1 aromatic carbocycles. The summed E-state index contributed by atoms with van der Waals surface area (Å²) in [6.07, 6.45) is 2.10. The second kappa shape index (κ2) is 4.87. The third-order valence-corrected chi connectivity index (χ3v) is 3.79. The maximum absolute atomic E-state index is 5.97. The Bertz CT molecular complexity index is 524. The number of methoxy groups -OCH3 is 1. The van der Waals surface area contributed by atoms with Crippen molar-refractivity contribution in [3.8, 4) is 5.75 Å². The summed E-state index contributed by atoms with van der Waals surface area (Å²) in [6, 6.07) is 5.88. The summed E-state index contributed by atoms with van der Waals surface area (Å²) in [6.45, 7) is 3.03. The Labute approximate surface area is 105 Å². The molecule has 0 spiro atoms. The molecule has 4 nitrogen and oxygen atoms in total. The fourth-order valence-electron chi connectivity index (χ4n) is 1.83. The van der Waals surface area contributed by atoms with E-state index in [2.05, 4.69) is 18.2 Å². The fourth-order valence-corrected chi connectivity index (χ4v) is 2.13. The Kier molecular flexibility index (Phi) is 3.47. The van der Waals surface area contributed by atoms with Gasteiger partial charge in [-0.2, -0.15) is 11.8 Å². The van der Waals surface area contributed by atoms with Crippen LogP contribution in [0.3, 0.4) is 0 Å². The summed E-state index contributed by atoms with van der Waals surface area (Å²) in [5.74, 6) is 1.31. The van der Waals surface area contributed by atoms with E-state index in [4.69, 9.17) is 10.5 Å². The van der Waals surface area contributed by atoms with Crippen LogP contribution in [-0.2, 0) is 6.54 Å². The Morgan fingerprint density at radius 2 is 2.29 bits per heavy atom. The molecule has 2 rings (SSSR count).